The van der Waals surface area contributed by atoms with Crippen molar-refractivity contribution >= 4 is 28.6 Å². The highest BCUT2D eigenvalue weighted by molar-refractivity contribution is 6.05. The van der Waals surface area contributed by atoms with Crippen LogP contribution in [-0.2, 0) is 6.54 Å². The van der Waals surface area contributed by atoms with Gasteiger partial charge >= 0.3 is 0 Å². The molecule has 0 aromatic carbocycles. The highest BCUT2D eigenvalue weighted by Crippen LogP contribution is 2.33. The summed E-state index contributed by atoms with van der Waals surface area (Å²) in [5.74, 6) is 0.508. The van der Waals surface area contributed by atoms with E-state index in [2.05, 4.69) is 25.6 Å². The quantitative estimate of drug-likeness (QED) is 0.447. The number of anilines is 3. The zero-order valence-electron chi connectivity index (χ0n) is 17.9. The highest BCUT2D eigenvalue weighted by atomic mass is 16.3. The molecule has 166 valence electrons. The number of nitrogens with zero attached hydrogens (tertiary/aromatic N) is 5. The van der Waals surface area contributed by atoms with Gasteiger partial charge in [0.2, 0.25) is 0 Å². The molecule has 2 aliphatic rings. The monoisotopic (exact) mass is 441 g/mol. The number of aliphatic hydroxyl groups is 1. The smallest absolute Gasteiger partial charge is 0.254 e. The molecule has 33 heavy (non-hydrogen) atoms. The topological polar surface area (TPSA) is 108 Å². The summed E-state index contributed by atoms with van der Waals surface area (Å²) in [6, 6.07) is 11.7. The lowest BCUT2D eigenvalue weighted by Gasteiger charge is -2.31. The van der Waals surface area contributed by atoms with Gasteiger partial charge in [-0.25, -0.2) is 9.50 Å². The summed E-state index contributed by atoms with van der Waals surface area (Å²) in [5, 5.41) is 20.3. The van der Waals surface area contributed by atoms with Gasteiger partial charge in [0.05, 0.1) is 58.5 Å². The molecule has 0 radical (unpaired) electrons. The zero-order valence-corrected chi connectivity index (χ0v) is 17.9. The molecule has 1 fully saturated rings. The van der Waals surface area contributed by atoms with E-state index in [1.807, 2.05) is 47.1 Å². The van der Waals surface area contributed by atoms with E-state index in [1.54, 1.807) is 12.4 Å². The maximum absolute atomic E-state index is 12.7. The number of pyridine rings is 3. The Morgan fingerprint density at radius 2 is 1.94 bits per heavy atom. The van der Waals surface area contributed by atoms with Crippen LogP contribution >= 0.6 is 0 Å². The van der Waals surface area contributed by atoms with Crippen LogP contribution in [-0.4, -0.2) is 49.8 Å². The van der Waals surface area contributed by atoms with Gasteiger partial charge in [-0.2, -0.15) is 5.10 Å². The average Bonchev–Trinajstić information content (AvgIpc) is 3.48. The summed E-state index contributed by atoms with van der Waals surface area (Å²) < 4.78 is 1.83. The number of nitrogens with one attached hydrogen (secondary N) is 2. The van der Waals surface area contributed by atoms with Crippen molar-refractivity contribution in [2.45, 2.75) is 25.5 Å². The van der Waals surface area contributed by atoms with Crippen LogP contribution in [0, 0.1) is 0 Å². The van der Waals surface area contributed by atoms with Gasteiger partial charge in [-0.05, 0) is 43.2 Å². The summed E-state index contributed by atoms with van der Waals surface area (Å²) in [6.45, 7) is 2.05. The van der Waals surface area contributed by atoms with E-state index in [0.717, 1.165) is 54.1 Å². The van der Waals surface area contributed by atoms with E-state index in [-0.39, 0.29) is 12.0 Å². The molecule has 4 aromatic rings. The summed E-state index contributed by atoms with van der Waals surface area (Å²) in [4.78, 5) is 24.2. The minimum Gasteiger partial charge on any atom is -0.393 e. The third-order valence-electron chi connectivity index (χ3n) is 6.34. The fourth-order valence-electron chi connectivity index (χ4n) is 4.59. The summed E-state index contributed by atoms with van der Waals surface area (Å²) in [7, 11) is 0. The van der Waals surface area contributed by atoms with E-state index < -0.39 is 0 Å². The van der Waals surface area contributed by atoms with Crippen LogP contribution in [0.4, 0.5) is 17.2 Å². The first-order valence-corrected chi connectivity index (χ1v) is 11.1. The Morgan fingerprint density at radius 1 is 1.06 bits per heavy atom. The number of amides is 1. The number of carbonyl (C=O) groups excluding carboxylic acids is 1. The maximum Gasteiger partial charge on any atom is 0.254 e. The Bertz CT molecular complexity index is 1340. The van der Waals surface area contributed by atoms with Gasteiger partial charge in [-0.3, -0.25) is 9.78 Å². The van der Waals surface area contributed by atoms with Crippen LogP contribution in [0.25, 0.3) is 16.9 Å². The molecular weight excluding hydrogens is 418 g/mol. The number of piperidine rings is 1. The molecule has 9 heteroatoms. The first kappa shape index (κ1) is 19.7. The van der Waals surface area contributed by atoms with Crippen LogP contribution in [0.15, 0.2) is 55.0 Å². The molecular formula is C24H23N7O2. The first-order valence-electron chi connectivity index (χ1n) is 11.1. The lowest BCUT2D eigenvalue weighted by Crippen LogP contribution is -2.35. The minimum absolute atomic E-state index is 0.132. The van der Waals surface area contributed by atoms with Crippen LogP contribution < -0.4 is 15.5 Å². The Hall–Kier alpha value is -3.98. The Kier molecular flexibility index (Phi) is 4.69. The minimum atomic E-state index is -0.209. The van der Waals surface area contributed by atoms with Crippen LogP contribution in [0.2, 0.25) is 0 Å². The Morgan fingerprint density at radius 3 is 2.76 bits per heavy atom. The molecule has 0 unspecified atom stereocenters. The zero-order chi connectivity index (χ0) is 22.4. The normalized spacial score (nSPS) is 16.2. The number of fused-ring (bicyclic) bond motifs is 2. The van der Waals surface area contributed by atoms with Crippen molar-refractivity contribution in [3.63, 3.8) is 0 Å². The van der Waals surface area contributed by atoms with Gasteiger partial charge in [-0.15, -0.1) is 0 Å². The molecule has 3 N–H and O–H groups in total. The van der Waals surface area contributed by atoms with Gasteiger partial charge in [-0.1, -0.05) is 6.07 Å². The van der Waals surface area contributed by atoms with Crippen molar-refractivity contribution in [1.82, 2.24) is 24.9 Å². The molecule has 0 bridgehead atoms. The third-order valence-corrected chi connectivity index (χ3v) is 6.34. The second-order valence-electron chi connectivity index (χ2n) is 8.38. The molecule has 6 rings (SSSR count). The number of carbonyl (C=O) groups is 1. The summed E-state index contributed by atoms with van der Waals surface area (Å²) >= 11 is 0. The number of aromatic nitrogens is 4. The lowest BCUT2D eigenvalue weighted by molar-refractivity contribution is 0.0966. The van der Waals surface area contributed by atoms with E-state index in [1.165, 1.54) is 0 Å². The Balaban J connectivity index is 1.31. The number of hydrogen-bond donors (Lipinski definition) is 3. The summed E-state index contributed by atoms with van der Waals surface area (Å²) in [6.07, 6.45) is 6.58. The average molecular weight is 441 g/mol. The SMILES string of the molecule is O=C1NCc2c(-c3cccc4ccnn34)ncc(Nc3ccc(N4CCC(O)CC4)cn3)c21. The second-order valence-corrected chi connectivity index (χ2v) is 8.38. The molecule has 2 aliphatic heterocycles. The Labute approximate surface area is 190 Å². The predicted octanol–water partition coefficient (Wildman–Crippen LogP) is 2.74. The van der Waals surface area contributed by atoms with Gasteiger partial charge in [0.25, 0.3) is 5.91 Å². The van der Waals surface area contributed by atoms with E-state index in [0.29, 0.717) is 23.6 Å². The maximum atomic E-state index is 12.7. The molecule has 0 atom stereocenters. The standard InChI is InChI=1S/C24H23N7O2/c32-17-7-10-30(11-8-17)16-4-5-21(25-12-16)29-19-14-26-23(18-13-27-24(33)22(18)19)20-3-1-2-15-6-9-28-31(15)20/h1-6,9,12,14,17,32H,7-8,10-11,13H2,(H,25,29)(H,27,33). The van der Waals surface area contributed by atoms with Gasteiger partial charge in [0.1, 0.15) is 5.82 Å². The van der Waals surface area contributed by atoms with Gasteiger partial charge in [0.15, 0.2) is 0 Å². The fourth-order valence-corrected chi connectivity index (χ4v) is 4.59. The van der Waals surface area contributed by atoms with Gasteiger partial charge < -0.3 is 20.6 Å². The van der Waals surface area contributed by atoms with Crippen LogP contribution in [0.3, 0.4) is 0 Å². The van der Waals surface area contributed by atoms with Crippen LogP contribution in [0.5, 0.6) is 0 Å². The fraction of sp³-hybridized carbons (Fsp3) is 0.250. The molecule has 1 amide bonds. The van der Waals surface area contributed by atoms with Crippen molar-refractivity contribution < 1.29 is 9.90 Å². The molecule has 9 nitrogen and oxygen atoms in total. The summed E-state index contributed by atoms with van der Waals surface area (Å²) in [5.41, 5.74) is 5.62. The predicted molar refractivity (Wildman–Crippen MR) is 125 cm³/mol. The molecule has 4 aromatic heterocycles. The van der Waals surface area contributed by atoms with Crippen LogP contribution in [0.1, 0.15) is 28.8 Å². The lowest BCUT2D eigenvalue weighted by atomic mass is 10.0. The van der Waals surface area contributed by atoms with Gasteiger partial charge in [0, 0.05) is 25.2 Å². The second kappa shape index (κ2) is 7.86. The highest BCUT2D eigenvalue weighted by Gasteiger charge is 2.28. The van der Waals surface area contributed by atoms with E-state index in [4.69, 9.17) is 4.98 Å². The molecule has 0 aliphatic carbocycles. The van der Waals surface area contributed by atoms with Crippen molar-refractivity contribution in [1.29, 1.82) is 0 Å². The first-order chi connectivity index (χ1) is 16.2. The number of aliphatic hydroxyl groups excluding tert-OH is 1. The number of hydrogen-bond acceptors (Lipinski definition) is 7. The van der Waals surface area contributed by atoms with E-state index >= 15 is 0 Å². The largest absolute Gasteiger partial charge is 0.393 e. The molecule has 0 saturated carbocycles. The van der Waals surface area contributed by atoms with Crippen molar-refractivity contribution in [3.05, 3.63) is 66.1 Å². The molecule has 1 saturated heterocycles. The number of rotatable bonds is 4. The van der Waals surface area contributed by atoms with E-state index in [9.17, 15) is 9.90 Å². The van der Waals surface area contributed by atoms with Crippen molar-refractivity contribution in [2.24, 2.45) is 0 Å². The third kappa shape index (κ3) is 3.46. The molecule has 0 spiro atoms. The van der Waals surface area contributed by atoms with Crippen molar-refractivity contribution in [2.75, 3.05) is 23.3 Å². The van der Waals surface area contributed by atoms with Crippen molar-refractivity contribution in [3.8, 4) is 11.4 Å². The molecule has 6 heterocycles.